The number of nitrogens with one attached hydrogen (secondary N) is 2. The molecule has 0 spiro atoms. The average molecular weight is 432 g/mol. The quantitative estimate of drug-likeness (QED) is 0.512. The summed E-state index contributed by atoms with van der Waals surface area (Å²) >= 11 is 0. The molecule has 0 radical (unpaired) electrons. The van der Waals surface area contributed by atoms with E-state index in [1.54, 1.807) is 42.9 Å². The first-order valence-corrected chi connectivity index (χ1v) is 10.8. The van der Waals surface area contributed by atoms with Crippen LogP contribution < -0.4 is 10.0 Å². The van der Waals surface area contributed by atoms with Crippen LogP contribution in [0.5, 0.6) is 0 Å². The van der Waals surface area contributed by atoms with E-state index in [1.807, 2.05) is 28.8 Å². The van der Waals surface area contributed by atoms with E-state index in [2.05, 4.69) is 25.0 Å². The smallest absolute Gasteiger partial charge is 0.263 e. The molecule has 0 saturated heterocycles. The van der Waals surface area contributed by atoms with Gasteiger partial charge in [0.2, 0.25) is 5.91 Å². The van der Waals surface area contributed by atoms with Crippen LogP contribution in [0.4, 0.5) is 5.69 Å². The van der Waals surface area contributed by atoms with Gasteiger partial charge in [0.25, 0.3) is 10.0 Å². The molecule has 2 aromatic heterocycles. The predicted octanol–water partition coefficient (Wildman–Crippen LogP) is 2.10. The second-order valence-corrected chi connectivity index (χ2v) is 8.47. The van der Waals surface area contributed by atoms with E-state index >= 15 is 0 Å². The Kier molecular flexibility index (Phi) is 4.48. The lowest BCUT2D eigenvalue weighted by Crippen LogP contribution is -2.24. The number of anilines is 1. The van der Waals surface area contributed by atoms with Gasteiger partial charge in [-0.05, 0) is 36.4 Å². The van der Waals surface area contributed by atoms with Crippen molar-refractivity contribution in [3.8, 4) is 5.82 Å². The number of imidazole rings is 1. The molecule has 0 saturated carbocycles. The van der Waals surface area contributed by atoms with Gasteiger partial charge in [0.1, 0.15) is 24.5 Å². The Morgan fingerprint density at radius 2 is 1.84 bits per heavy atom. The van der Waals surface area contributed by atoms with E-state index in [9.17, 15) is 13.2 Å². The number of fused-ring (bicyclic) bond motifs is 2. The van der Waals surface area contributed by atoms with Gasteiger partial charge in [-0.3, -0.25) is 19.1 Å². The molecule has 2 N–H and O–H groups in total. The maximum Gasteiger partial charge on any atom is 0.263 e. The normalized spacial score (nSPS) is 15.5. The van der Waals surface area contributed by atoms with Gasteiger partial charge in [0, 0.05) is 5.56 Å². The van der Waals surface area contributed by atoms with Crippen LogP contribution >= 0.6 is 0 Å². The molecule has 5 rings (SSSR count). The van der Waals surface area contributed by atoms with Gasteiger partial charge in [-0.25, -0.2) is 18.4 Å². The molecule has 0 bridgehead atoms. The summed E-state index contributed by atoms with van der Waals surface area (Å²) in [4.78, 5) is 25.3. The summed E-state index contributed by atoms with van der Waals surface area (Å²) in [5.74, 6) is 0.439. The van der Waals surface area contributed by atoms with Crippen molar-refractivity contribution < 1.29 is 13.2 Å². The molecular weight excluding hydrogens is 416 g/mol. The number of hydrogen-bond donors (Lipinski definition) is 2. The van der Waals surface area contributed by atoms with E-state index < -0.39 is 15.9 Å². The number of aromatic nitrogens is 3. The van der Waals surface area contributed by atoms with E-state index in [0.29, 0.717) is 17.1 Å². The first-order valence-electron chi connectivity index (χ1n) is 9.36. The molecule has 0 fully saturated rings. The fraction of sp³-hybridized carbons (Fsp3) is 0.0476. The summed E-state index contributed by atoms with van der Waals surface area (Å²) in [7, 11) is -3.63. The number of aliphatic imine (C=N–C) groups is 1. The molecule has 1 amide bonds. The minimum Gasteiger partial charge on any atom is -0.323 e. The molecule has 10 heteroatoms. The molecule has 3 heterocycles. The summed E-state index contributed by atoms with van der Waals surface area (Å²) in [6.45, 7) is -0.236. The van der Waals surface area contributed by atoms with Crippen LogP contribution in [-0.2, 0) is 14.8 Å². The van der Waals surface area contributed by atoms with Crippen molar-refractivity contribution in [1.29, 1.82) is 0 Å². The third-order valence-electron chi connectivity index (χ3n) is 4.78. The molecule has 0 atom stereocenters. The van der Waals surface area contributed by atoms with Gasteiger partial charge in [-0.15, -0.1) is 0 Å². The molecule has 1 aliphatic rings. The van der Waals surface area contributed by atoms with Crippen LogP contribution in [0.1, 0.15) is 5.56 Å². The number of benzene rings is 2. The van der Waals surface area contributed by atoms with Gasteiger partial charge < -0.3 is 5.32 Å². The van der Waals surface area contributed by atoms with Crippen molar-refractivity contribution in [2.24, 2.45) is 4.99 Å². The molecule has 31 heavy (non-hydrogen) atoms. The van der Waals surface area contributed by atoms with Gasteiger partial charge in [-0.1, -0.05) is 24.3 Å². The Balaban J connectivity index is 1.29. The molecule has 0 unspecified atom stereocenters. The fourth-order valence-corrected chi connectivity index (χ4v) is 4.60. The lowest BCUT2D eigenvalue weighted by Gasteiger charge is -2.06. The summed E-state index contributed by atoms with van der Waals surface area (Å²) in [6.07, 6.45) is 3.24. The summed E-state index contributed by atoms with van der Waals surface area (Å²) in [5, 5.41) is 2.71. The lowest BCUT2D eigenvalue weighted by atomic mass is 10.2. The minimum atomic E-state index is -3.63. The highest BCUT2D eigenvalue weighted by Gasteiger charge is 2.30. The number of hydrogen-bond acceptors (Lipinski definition) is 6. The van der Waals surface area contributed by atoms with Crippen molar-refractivity contribution in [3.63, 3.8) is 0 Å². The molecule has 0 aliphatic carbocycles. The average Bonchev–Trinajstić information content (AvgIpc) is 3.32. The van der Waals surface area contributed by atoms with Crippen LogP contribution in [-0.4, -0.2) is 41.2 Å². The predicted molar refractivity (Wildman–Crippen MR) is 116 cm³/mol. The number of para-hydroxylation sites is 2. The second-order valence-electron chi connectivity index (χ2n) is 6.82. The zero-order chi connectivity index (χ0) is 21.4. The third kappa shape index (κ3) is 3.53. The van der Waals surface area contributed by atoms with Gasteiger partial charge in [-0.2, -0.15) is 0 Å². The first kappa shape index (κ1) is 18.9. The number of amides is 1. The number of carbonyl (C=O) groups excluding carboxylic acids is 1. The topological polar surface area (TPSA) is 118 Å². The van der Waals surface area contributed by atoms with Crippen LogP contribution in [0.2, 0.25) is 0 Å². The zero-order valence-corrected chi connectivity index (χ0v) is 16.9. The van der Waals surface area contributed by atoms with Crippen molar-refractivity contribution in [1.82, 2.24) is 19.3 Å². The summed E-state index contributed by atoms with van der Waals surface area (Å²) in [6, 6.07) is 17.7. The number of sulfonamides is 1. The number of amidine groups is 1. The van der Waals surface area contributed by atoms with E-state index in [4.69, 9.17) is 0 Å². The molecule has 154 valence electrons. The Hall–Kier alpha value is -4.05. The van der Waals surface area contributed by atoms with Crippen molar-refractivity contribution >= 4 is 38.5 Å². The van der Waals surface area contributed by atoms with Crippen molar-refractivity contribution in [2.75, 3.05) is 11.9 Å². The van der Waals surface area contributed by atoms with E-state index in [-0.39, 0.29) is 17.3 Å². The number of nitrogens with zero attached hydrogens (tertiary/aromatic N) is 4. The van der Waals surface area contributed by atoms with E-state index in [0.717, 1.165) is 11.0 Å². The third-order valence-corrected chi connectivity index (χ3v) is 6.17. The highest BCUT2D eigenvalue weighted by atomic mass is 32.2. The van der Waals surface area contributed by atoms with Crippen molar-refractivity contribution in [3.05, 3.63) is 78.8 Å². The number of rotatable bonds is 4. The lowest BCUT2D eigenvalue weighted by molar-refractivity contribution is -0.114. The maximum absolute atomic E-state index is 12.3. The summed E-state index contributed by atoms with van der Waals surface area (Å²) < 4.78 is 28.4. The highest BCUT2D eigenvalue weighted by Crippen LogP contribution is 2.22. The van der Waals surface area contributed by atoms with Crippen LogP contribution in [0, 0.1) is 0 Å². The number of pyridine rings is 1. The van der Waals surface area contributed by atoms with Gasteiger partial charge in [0.15, 0.2) is 0 Å². The molecule has 2 aromatic carbocycles. The standard InChI is InChI=1S/C21H16N6O3S/c28-20(12-23-21-15-5-1-4-8-18(15)31(29,30)26-21)25-14-9-10-19(22-11-14)27-13-24-16-6-2-3-7-17(16)27/h1-11,13H,12H2,(H,23,26)(H,25,28). The van der Waals surface area contributed by atoms with Crippen LogP contribution in [0.25, 0.3) is 16.9 Å². The molecule has 1 aliphatic heterocycles. The Morgan fingerprint density at radius 3 is 2.68 bits per heavy atom. The molecule has 9 nitrogen and oxygen atoms in total. The van der Waals surface area contributed by atoms with Crippen LogP contribution in [0.3, 0.4) is 0 Å². The molecule has 4 aromatic rings. The zero-order valence-electron chi connectivity index (χ0n) is 16.1. The second kappa shape index (κ2) is 7.33. The fourth-order valence-electron chi connectivity index (χ4n) is 3.35. The largest absolute Gasteiger partial charge is 0.323 e. The molecular formula is C21H16N6O3S. The summed E-state index contributed by atoms with van der Waals surface area (Å²) in [5.41, 5.74) is 2.76. The Bertz CT molecular complexity index is 1440. The van der Waals surface area contributed by atoms with Gasteiger partial charge in [0.05, 0.1) is 27.8 Å². The Labute approximate surface area is 177 Å². The minimum absolute atomic E-state index is 0.154. The maximum atomic E-state index is 12.3. The Morgan fingerprint density at radius 1 is 1.03 bits per heavy atom. The monoisotopic (exact) mass is 432 g/mol. The SMILES string of the molecule is O=C(CN=C1NS(=O)(=O)c2ccccc21)Nc1ccc(-n2cnc3ccccc32)nc1. The first-order chi connectivity index (χ1) is 15.0. The van der Waals surface area contributed by atoms with Crippen LogP contribution in [0.15, 0.2) is 83.1 Å². The van der Waals surface area contributed by atoms with Crippen molar-refractivity contribution in [2.45, 2.75) is 4.90 Å². The van der Waals surface area contributed by atoms with Gasteiger partial charge >= 0.3 is 0 Å². The van der Waals surface area contributed by atoms with E-state index in [1.165, 1.54) is 6.07 Å². The number of carbonyl (C=O) groups is 1. The highest BCUT2D eigenvalue weighted by molar-refractivity contribution is 7.90.